The lowest BCUT2D eigenvalue weighted by atomic mass is 10.1. The predicted molar refractivity (Wildman–Crippen MR) is 71.8 cm³/mol. The van der Waals surface area contributed by atoms with E-state index in [1.54, 1.807) is 0 Å². The summed E-state index contributed by atoms with van der Waals surface area (Å²) < 4.78 is 0. The van der Waals surface area contributed by atoms with Crippen LogP contribution in [0.25, 0.3) is 0 Å². The molecule has 2 nitrogen and oxygen atoms in total. The normalized spacial score (nSPS) is 22.1. The summed E-state index contributed by atoms with van der Waals surface area (Å²) >= 11 is 0. The fraction of sp³-hybridized carbons (Fsp3) is 1.00. The van der Waals surface area contributed by atoms with Crippen molar-refractivity contribution in [2.24, 2.45) is 5.92 Å². The van der Waals surface area contributed by atoms with E-state index in [4.69, 9.17) is 0 Å². The van der Waals surface area contributed by atoms with Gasteiger partial charge >= 0.3 is 0 Å². The Balaban J connectivity index is 1.94. The maximum atomic E-state index is 3.62. The van der Waals surface area contributed by atoms with Crippen molar-refractivity contribution in [1.82, 2.24) is 10.2 Å². The van der Waals surface area contributed by atoms with Gasteiger partial charge < -0.3 is 10.2 Å². The van der Waals surface area contributed by atoms with Crippen LogP contribution in [-0.4, -0.2) is 37.1 Å². The molecule has 0 bridgehead atoms. The van der Waals surface area contributed by atoms with E-state index in [0.29, 0.717) is 0 Å². The highest BCUT2D eigenvalue weighted by atomic mass is 15.2. The lowest BCUT2D eigenvalue weighted by Gasteiger charge is -2.20. The summed E-state index contributed by atoms with van der Waals surface area (Å²) in [5.41, 5.74) is 0. The van der Waals surface area contributed by atoms with Crippen LogP contribution in [0.15, 0.2) is 0 Å². The largest absolute Gasteiger partial charge is 0.316 e. The molecule has 16 heavy (non-hydrogen) atoms. The highest BCUT2D eigenvalue weighted by Gasteiger charge is 2.23. The molecular weight excluding hydrogens is 196 g/mol. The Hall–Kier alpha value is -0.0800. The van der Waals surface area contributed by atoms with Crippen molar-refractivity contribution in [3.8, 4) is 0 Å². The quantitative estimate of drug-likeness (QED) is 0.640. The van der Waals surface area contributed by atoms with Gasteiger partial charge in [-0.3, -0.25) is 0 Å². The molecule has 1 aliphatic rings. The fourth-order valence-corrected chi connectivity index (χ4v) is 2.48. The smallest absolute Gasteiger partial charge is 0.00387 e. The number of nitrogens with one attached hydrogen (secondary N) is 1. The van der Waals surface area contributed by atoms with Crippen LogP contribution in [0.3, 0.4) is 0 Å². The van der Waals surface area contributed by atoms with Crippen LogP contribution in [-0.2, 0) is 0 Å². The van der Waals surface area contributed by atoms with Crippen LogP contribution in [0.5, 0.6) is 0 Å². The number of nitrogens with zero attached hydrogens (tertiary/aromatic N) is 1. The van der Waals surface area contributed by atoms with Gasteiger partial charge in [0.25, 0.3) is 0 Å². The Labute approximate surface area is 102 Å². The molecule has 0 amide bonds. The molecule has 1 saturated heterocycles. The average molecular weight is 226 g/mol. The van der Waals surface area contributed by atoms with Gasteiger partial charge in [-0.05, 0) is 52.2 Å². The number of rotatable bonds is 8. The molecule has 1 aliphatic heterocycles. The minimum Gasteiger partial charge on any atom is -0.316 e. The lowest BCUT2D eigenvalue weighted by molar-refractivity contribution is 0.264. The molecule has 1 N–H and O–H groups in total. The Morgan fingerprint density at radius 2 is 2.06 bits per heavy atom. The molecular formula is C14H30N2. The number of unbranched alkanes of at least 4 members (excludes halogenated alkanes) is 3. The zero-order chi connectivity index (χ0) is 11.8. The average Bonchev–Trinajstić information content (AvgIpc) is 2.72. The number of hydrogen-bond acceptors (Lipinski definition) is 2. The van der Waals surface area contributed by atoms with Gasteiger partial charge in [0.2, 0.25) is 0 Å². The molecule has 0 radical (unpaired) electrons. The molecule has 1 atom stereocenters. The summed E-state index contributed by atoms with van der Waals surface area (Å²) in [7, 11) is 0. The third kappa shape index (κ3) is 5.31. The van der Waals surface area contributed by atoms with Crippen molar-refractivity contribution in [2.75, 3.05) is 26.2 Å². The summed E-state index contributed by atoms with van der Waals surface area (Å²) in [6, 6.07) is 0.731. The van der Waals surface area contributed by atoms with Crippen molar-refractivity contribution in [3.63, 3.8) is 0 Å². The van der Waals surface area contributed by atoms with Crippen molar-refractivity contribution in [3.05, 3.63) is 0 Å². The molecule has 1 unspecified atom stereocenters. The molecule has 0 aromatic carbocycles. The van der Waals surface area contributed by atoms with Crippen molar-refractivity contribution < 1.29 is 0 Å². The van der Waals surface area contributed by atoms with Gasteiger partial charge in [-0.1, -0.05) is 26.2 Å². The summed E-state index contributed by atoms with van der Waals surface area (Å²) in [6.07, 6.45) is 6.87. The van der Waals surface area contributed by atoms with E-state index >= 15 is 0 Å². The molecule has 2 heteroatoms. The Morgan fingerprint density at radius 1 is 1.25 bits per heavy atom. The molecule has 0 saturated carbocycles. The first kappa shape index (κ1) is 14.0. The van der Waals surface area contributed by atoms with Crippen molar-refractivity contribution >= 4 is 0 Å². The SMILES string of the molecule is CCCCCCNCC1CCN(C(C)C)C1. The van der Waals surface area contributed by atoms with Crippen LogP contribution in [0.4, 0.5) is 0 Å². The molecule has 0 aromatic heterocycles. The second-order valence-corrected chi connectivity index (χ2v) is 5.51. The highest BCUT2D eigenvalue weighted by Crippen LogP contribution is 2.17. The minimum absolute atomic E-state index is 0.731. The maximum Gasteiger partial charge on any atom is 0.00387 e. The summed E-state index contributed by atoms with van der Waals surface area (Å²) in [6.45, 7) is 11.9. The van der Waals surface area contributed by atoms with Gasteiger partial charge in [0.1, 0.15) is 0 Å². The second-order valence-electron chi connectivity index (χ2n) is 5.51. The minimum atomic E-state index is 0.731. The van der Waals surface area contributed by atoms with E-state index in [9.17, 15) is 0 Å². The predicted octanol–water partition coefficient (Wildman–Crippen LogP) is 2.89. The van der Waals surface area contributed by atoms with E-state index in [-0.39, 0.29) is 0 Å². The van der Waals surface area contributed by atoms with Gasteiger partial charge in [0.15, 0.2) is 0 Å². The molecule has 96 valence electrons. The maximum absolute atomic E-state index is 3.62. The first-order valence-electron chi connectivity index (χ1n) is 7.18. The van der Waals surface area contributed by atoms with Gasteiger partial charge in [-0.15, -0.1) is 0 Å². The van der Waals surface area contributed by atoms with Crippen LogP contribution in [0.2, 0.25) is 0 Å². The highest BCUT2D eigenvalue weighted by molar-refractivity contribution is 4.78. The molecule has 1 fully saturated rings. The number of hydrogen-bond donors (Lipinski definition) is 1. The Kier molecular flexibility index (Phi) is 7.06. The van der Waals surface area contributed by atoms with Gasteiger partial charge in [0, 0.05) is 12.6 Å². The Morgan fingerprint density at radius 3 is 2.69 bits per heavy atom. The van der Waals surface area contributed by atoms with Gasteiger partial charge in [-0.25, -0.2) is 0 Å². The molecule has 0 aromatic rings. The van der Waals surface area contributed by atoms with Crippen LogP contribution < -0.4 is 5.32 Å². The van der Waals surface area contributed by atoms with Crippen LogP contribution >= 0.6 is 0 Å². The van der Waals surface area contributed by atoms with Crippen LogP contribution in [0, 0.1) is 5.92 Å². The number of likely N-dealkylation sites (tertiary alicyclic amines) is 1. The zero-order valence-corrected chi connectivity index (χ0v) is 11.5. The van der Waals surface area contributed by atoms with E-state index in [1.807, 2.05) is 0 Å². The second kappa shape index (κ2) is 8.08. The monoisotopic (exact) mass is 226 g/mol. The fourth-order valence-electron chi connectivity index (χ4n) is 2.48. The van der Waals surface area contributed by atoms with E-state index in [2.05, 4.69) is 31.0 Å². The van der Waals surface area contributed by atoms with Crippen LogP contribution in [0.1, 0.15) is 52.9 Å². The topological polar surface area (TPSA) is 15.3 Å². The molecule has 1 heterocycles. The first-order valence-corrected chi connectivity index (χ1v) is 7.18. The standard InChI is InChI=1S/C14H30N2/c1-4-5-6-7-9-15-11-14-8-10-16(12-14)13(2)3/h13-15H,4-12H2,1-3H3. The summed E-state index contributed by atoms with van der Waals surface area (Å²) in [4.78, 5) is 2.60. The van der Waals surface area contributed by atoms with E-state index in [1.165, 1.54) is 58.3 Å². The molecule has 0 aliphatic carbocycles. The first-order chi connectivity index (χ1) is 7.74. The van der Waals surface area contributed by atoms with E-state index in [0.717, 1.165) is 12.0 Å². The van der Waals surface area contributed by atoms with Gasteiger partial charge in [-0.2, -0.15) is 0 Å². The molecule has 1 rings (SSSR count). The summed E-state index contributed by atoms with van der Waals surface area (Å²) in [5, 5.41) is 3.62. The van der Waals surface area contributed by atoms with Gasteiger partial charge in [0.05, 0.1) is 0 Å². The van der Waals surface area contributed by atoms with E-state index < -0.39 is 0 Å². The Bertz CT molecular complexity index is 168. The van der Waals surface area contributed by atoms with Crippen molar-refractivity contribution in [1.29, 1.82) is 0 Å². The lowest BCUT2D eigenvalue weighted by Crippen LogP contribution is -2.30. The summed E-state index contributed by atoms with van der Waals surface area (Å²) in [5.74, 6) is 0.897. The third-order valence-electron chi connectivity index (χ3n) is 3.69. The molecule has 0 spiro atoms. The van der Waals surface area contributed by atoms with Crippen molar-refractivity contribution in [2.45, 2.75) is 58.9 Å². The third-order valence-corrected chi connectivity index (χ3v) is 3.69. The zero-order valence-electron chi connectivity index (χ0n) is 11.5.